The molecule has 0 spiro atoms. The summed E-state index contributed by atoms with van der Waals surface area (Å²) < 4.78 is 0. The fourth-order valence-corrected chi connectivity index (χ4v) is 3.42. The van der Waals surface area contributed by atoms with E-state index in [0.29, 0.717) is 18.9 Å². The molecule has 4 heteroatoms. The van der Waals surface area contributed by atoms with Crippen LogP contribution in [0.2, 0.25) is 0 Å². The van der Waals surface area contributed by atoms with Crippen molar-refractivity contribution in [3.05, 3.63) is 71.9 Å². The highest BCUT2D eigenvalue weighted by atomic mass is 16.2. The molecule has 0 aliphatic carbocycles. The summed E-state index contributed by atoms with van der Waals surface area (Å²) in [6, 6.07) is 18.1. The Kier molecular flexibility index (Phi) is 5.74. The van der Waals surface area contributed by atoms with E-state index in [2.05, 4.69) is 48.4 Å². The van der Waals surface area contributed by atoms with Gasteiger partial charge in [-0.3, -0.25) is 4.79 Å². The maximum Gasteiger partial charge on any atom is 0.236 e. The van der Waals surface area contributed by atoms with Crippen LogP contribution >= 0.6 is 0 Å². The highest BCUT2D eigenvalue weighted by Crippen LogP contribution is 2.30. The summed E-state index contributed by atoms with van der Waals surface area (Å²) in [5.41, 5.74) is 9.50. The highest BCUT2D eigenvalue weighted by Gasteiger charge is 2.21. The Labute approximate surface area is 154 Å². The van der Waals surface area contributed by atoms with Gasteiger partial charge in [-0.25, -0.2) is 0 Å². The van der Waals surface area contributed by atoms with E-state index in [1.807, 2.05) is 36.5 Å². The number of H-pyrrole nitrogens is 1. The second-order valence-electron chi connectivity index (χ2n) is 7.23. The van der Waals surface area contributed by atoms with Crippen LogP contribution in [0.5, 0.6) is 0 Å². The van der Waals surface area contributed by atoms with Crippen LogP contribution in [0.3, 0.4) is 0 Å². The van der Waals surface area contributed by atoms with Crippen LogP contribution in [0.4, 0.5) is 0 Å². The summed E-state index contributed by atoms with van der Waals surface area (Å²) in [5, 5.41) is 4.24. The standard InChI is InChI=1S/C22H27N3O/c1-15(2)12-20(23)22(26)25-13-18(16-8-4-3-5-9-16)19-14-24-21-11-7-6-10-17(19)21/h3-11,14-15,18,20,24H,12-13,23H2,1-2H3,(H,25,26)/t18?,20-/m0/s1. The number of hydrogen-bond donors (Lipinski definition) is 3. The predicted molar refractivity (Wildman–Crippen MR) is 107 cm³/mol. The molecule has 1 aromatic heterocycles. The van der Waals surface area contributed by atoms with Gasteiger partial charge in [0.25, 0.3) is 0 Å². The van der Waals surface area contributed by atoms with Crippen LogP contribution < -0.4 is 11.1 Å². The minimum Gasteiger partial charge on any atom is -0.361 e. The van der Waals surface area contributed by atoms with Crippen LogP contribution in [0, 0.1) is 5.92 Å². The third kappa shape index (κ3) is 4.14. The number of aromatic nitrogens is 1. The Bertz CT molecular complexity index is 854. The largest absolute Gasteiger partial charge is 0.361 e. The van der Waals surface area contributed by atoms with E-state index in [1.165, 1.54) is 16.5 Å². The van der Waals surface area contributed by atoms with Gasteiger partial charge in [0.05, 0.1) is 6.04 Å². The minimum atomic E-state index is -0.464. The Morgan fingerprint density at radius 3 is 2.50 bits per heavy atom. The van der Waals surface area contributed by atoms with Gasteiger partial charge in [0, 0.05) is 29.6 Å². The van der Waals surface area contributed by atoms with Crippen molar-refractivity contribution >= 4 is 16.8 Å². The van der Waals surface area contributed by atoms with Crippen molar-refractivity contribution in [2.24, 2.45) is 11.7 Å². The molecule has 0 fully saturated rings. The molecule has 0 radical (unpaired) electrons. The van der Waals surface area contributed by atoms with Crippen LogP contribution in [-0.4, -0.2) is 23.5 Å². The summed E-state index contributed by atoms with van der Waals surface area (Å²) in [4.78, 5) is 15.7. The molecule has 1 heterocycles. The number of amides is 1. The van der Waals surface area contributed by atoms with Crippen LogP contribution in [0.15, 0.2) is 60.8 Å². The Hall–Kier alpha value is -2.59. The van der Waals surface area contributed by atoms with E-state index in [1.54, 1.807) is 0 Å². The van der Waals surface area contributed by atoms with Crippen molar-refractivity contribution in [1.29, 1.82) is 0 Å². The van der Waals surface area contributed by atoms with Gasteiger partial charge < -0.3 is 16.0 Å². The van der Waals surface area contributed by atoms with Crippen molar-refractivity contribution in [3.8, 4) is 0 Å². The molecular formula is C22H27N3O. The van der Waals surface area contributed by atoms with Crippen molar-refractivity contribution in [2.75, 3.05) is 6.54 Å². The van der Waals surface area contributed by atoms with Crippen LogP contribution in [0.25, 0.3) is 10.9 Å². The van der Waals surface area contributed by atoms with Gasteiger partial charge in [0.1, 0.15) is 0 Å². The molecule has 4 N–H and O–H groups in total. The lowest BCUT2D eigenvalue weighted by Gasteiger charge is -2.20. The van der Waals surface area contributed by atoms with Crippen LogP contribution in [-0.2, 0) is 4.79 Å². The normalized spacial score (nSPS) is 13.7. The second kappa shape index (κ2) is 8.19. The first-order valence-electron chi connectivity index (χ1n) is 9.20. The Morgan fingerprint density at radius 1 is 1.08 bits per heavy atom. The maximum atomic E-state index is 12.4. The highest BCUT2D eigenvalue weighted by molar-refractivity contribution is 5.85. The molecule has 2 atom stereocenters. The number of benzene rings is 2. The van der Waals surface area contributed by atoms with Crippen molar-refractivity contribution < 1.29 is 4.79 Å². The number of aromatic amines is 1. The fourth-order valence-electron chi connectivity index (χ4n) is 3.42. The molecule has 3 rings (SSSR count). The third-order valence-electron chi connectivity index (χ3n) is 4.74. The van der Waals surface area contributed by atoms with Gasteiger partial charge in [0.2, 0.25) is 5.91 Å². The number of fused-ring (bicyclic) bond motifs is 1. The van der Waals surface area contributed by atoms with Gasteiger partial charge in [-0.1, -0.05) is 62.4 Å². The summed E-state index contributed by atoms with van der Waals surface area (Å²) >= 11 is 0. The molecule has 3 aromatic rings. The number of carbonyl (C=O) groups excluding carboxylic acids is 1. The van der Waals surface area contributed by atoms with Gasteiger partial charge in [-0.15, -0.1) is 0 Å². The topological polar surface area (TPSA) is 70.9 Å². The predicted octanol–water partition coefficient (Wildman–Crippen LogP) is 3.79. The molecule has 0 bridgehead atoms. The number of carbonyl (C=O) groups is 1. The van der Waals surface area contributed by atoms with Crippen LogP contribution in [0.1, 0.15) is 37.3 Å². The monoisotopic (exact) mass is 349 g/mol. The first-order chi connectivity index (χ1) is 12.6. The molecule has 136 valence electrons. The lowest BCUT2D eigenvalue weighted by molar-refractivity contribution is -0.122. The lowest BCUT2D eigenvalue weighted by atomic mass is 9.90. The summed E-state index contributed by atoms with van der Waals surface area (Å²) in [5.74, 6) is 0.385. The molecule has 0 saturated carbocycles. The van der Waals surface area contributed by atoms with Gasteiger partial charge >= 0.3 is 0 Å². The van der Waals surface area contributed by atoms with E-state index >= 15 is 0 Å². The van der Waals surface area contributed by atoms with Crippen molar-refractivity contribution in [2.45, 2.75) is 32.2 Å². The Morgan fingerprint density at radius 2 is 1.77 bits per heavy atom. The maximum absolute atomic E-state index is 12.4. The second-order valence-corrected chi connectivity index (χ2v) is 7.23. The van der Waals surface area contributed by atoms with Crippen molar-refractivity contribution in [3.63, 3.8) is 0 Å². The van der Waals surface area contributed by atoms with E-state index in [0.717, 1.165) is 5.52 Å². The lowest BCUT2D eigenvalue weighted by Crippen LogP contribution is -2.42. The molecule has 1 amide bonds. The number of nitrogens with one attached hydrogen (secondary N) is 2. The zero-order chi connectivity index (χ0) is 18.5. The summed E-state index contributed by atoms with van der Waals surface area (Å²) in [6.07, 6.45) is 2.73. The fraction of sp³-hybridized carbons (Fsp3) is 0.318. The quantitative estimate of drug-likeness (QED) is 0.607. The van der Waals surface area contributed by atoms with Gasteiger partial charge in [-0.05, 0) is 29.5 Å². The van der Waals surface area contributed by atoms with E-state index in [4.69, 9.17) is 5.73 Å². The van der Waals surface area contributed by atoms with Gasteiger partial charge in [-0.2, -0.15) is 0 Å². The number of hydrogen-bond acceptors (Lipinski definition) is 2. The van der Waals surface area contributed by atoms with E-state index in [-0.39, 0.29) is 11.8 Å². The summed E-state index contributed by atoms with van der Waals surface area (Å²) in [6.45, 7) is 4.67. The molecule has 0 saturated heterocycles. The Balaban J connectivity index is 1.85. The molecule has 2 aromatic carbocycles. The first kappa shape index (κ1) is 18.2. The first-order valence-corrected chi connectivity index (χ1v) is 9.20. The van der Waals surface area contributed by atoms with E-state index < -0.39 is 6.04 Å². The number of rotatable bonds is 7. The zero-order valence-corrected chi connectivity index (χ0v) is 15.4. The minimum absolute atomic E-state index is 0.0718. The molecule has 0 aliphatic rings. The summed E-state index contributed by atoms with van der Waals surface area (Å²) in [7, 11) is 0. The van der Waals surface area contributed by atoms with Gasteiger partial charge in [0.15, 0.2) is 0 Å². The smallest absolute Gasteiger partial charge is 0.236 e. The molecular weight excluding hydrogens is 322 g/mol. The van der Waals surface area contributed by atoms with E-state index in [9.17, 15) is 4.79 Å². The number of nitrogens with two attached hydrogens (primary N) is 1. The number of para-hydroxylation sites is 1. The van der Waals surface area contributed by atoms with Crippen molar-refractivity contribution in [1.82, 2.24) is 10.3 Å². The molecule has 1 unspecified atom stereocenters. The average molecular weight is 349 g/mol. The SMILES string of the molecule is CC(C)C[C@H](N)C(=O)NCC(c1ccccc1)c1c[nH]c2ccccc12. The molecule has 0 aliphatic heterocycles. The molecule has 4 nitrogen and oxygen atoms in total. The molecule has 26 heavy (non-hydrogen) atoms. The third-order valence-corrected chi connectivity index (χ3v) is 4.74. The average Bonchev–Trinajstić information content (AvgIpc) is 3.06. The zero-order valence-electron chi connectivity index (χ0n) is 15.4.